The van der Waals surface area contributed by atoms with Gasteiger partial charge in [-0.15, -0.1) is 0 Å². The number of carbonyl (C=O) groups excluding carboxylic acids is 3. The first kappa shape index (κ1) is 22.4. The molecule has 0 saturated carbocycles. The van der Waals surface area contributed by atoms with Crippen LogP contribution in [0.2, 0.25) is 0 Å². The molecule has 3 aromatic carbocycles. The molecule has 2 N–H and O–H groups in total. The van der Waals surface area contributed by atoms with Gasteiger partial charge in [0.1, 0.15) is 6.54 Å². The number of nitrogens with one attached hydrogen (secondary N) is 2. The summed E-state index contributed by atoms with van der Waals surface area (Å²) in [5.74, 6) is -0.999. The summed E-state index contributed by atoms with van der Waals surface area (Å²) in [5, 5.41) is 1.04. The van der Waals surface area contributed by atoms with Gasteiger partial charge in [-0.05, 0) is 30.2 Å². The van der Waals surface area contributed by atoms with Crippen molar-refractivity contribution >= 4 is 28.6 Å². The van der Waals surface area contributed by atoms with Crippen molar-refractivity contribution in [1.82, 2.24) is 20.3 Å². The summed E-state index contributed by atoms with van der Waals surface area (Å²) in [6.45, 7) is 1.84. The van der Waals surface area contributed by atoms with E-state index >= 15 is 0 Å². The Morgan fingerprint density at radius 2 is 1.51 bits per heavy atom. The fourth-order valence-electron chi connectivity index (χ4n) is 4.90. The van der Waals surface area contributed by atoms with Gasteiger partial charge in [0.15, 0.2) is 0 Å². The number of rotatable bonds is 5. The van der Waals surface area contributed by atoms with Crippen LogP contribution in [0.3, 0.4) is 0 Å². The number of para-hydroxylation sites is 1. The van der Waals surface area contributed by atoms with Gasteiger partial charge in [-0.25, -0.2) is 0 Å². The molecule has 0 spiro atoms. The zero-order chi connectivity index (χ0) is 24.5. The average molecular weight is 467 g/mol. The molecule has 1 aliphatic heterocycles. The van der Waals surface area contributed by atoms with E-state index in [-0.39, 0.29) is 24.8 Å². The number of hydrogen-bond acceptors (Lipinski definition) is 3. The van der Waals surface area contributed by atoms with E-state index in [0.29, 0.717) is 5.56 Å². The lowest BCUT2D eigenvalue weighted by molar-refractivity contribution is -0.129. The highest BCUT2D eigenvalue weighted by molar-refractivity contribution is 6.03. The summed E-state index contributed by atoms with van der Waals surface area (Å²) in [7, 11) is 2.00. The van der Waals surface area contributed by atoms with Crippen molar-refractivity contribution in [3.63, 3.8) is 0 Å². The monoisotopic (exact) mass is 466 g/mol. The minimum absolute atomic E-state index is 0.146. The molecule has 1 aliphatic rings. The highest BCUT2D eigenvalue weighted by Crippen LogP contribution is 2.43. The molecule has 1 unspecified atom stereocenters. The molecule has 4 aromatic rings. The Balaban J connectivity index is 1.40. The van der Waals surface area contributed by atoms with E-state index in [1.807, 2.05) is 86.8 Å². The minimum Gasteiger partial charge on any atom is -0.348 e. The topological polar surface area (TPSA) is 83.4 Å². The fourth-order valence-corrected chi connectivity index (χ4v) is 4.90. The minimum atomic E-state index is -0.463. The lowest BCUT2D eigenvalue weighted by Gasteiger charge is -2.26. The van der Waals surface area contributed by atoms with Gasteiger partial charge in [-0.1, -0.05) is 66.7 Å². The van der Waals surface area contributed by atoms with Crippen LogP contribution in [0.15, 0.2) is 78.9 Å². The van der Waals surface area contributed by atoms with Crippen molar-refractivity contribution in [2.24, 2.45) is 7.05 Å². The van der Waals surface area contributed by atoms with Crippen molar-refractivity contribution in [2.45, 2.75) is 19.4 Å². The van der Waals surface area contributed by atoms with E-state index in [4.69, 9.17) is 0 Å². The standard InChI is InChI=1S/C28H26N4O3/c1-18-26(22-14-8-9-15-23(22)31(18)2)27-20-12-6-7-13-21(20)28(35)32(27)17-25(34)30-29-24(33)16-19-10-4-3-5-11-19/h3-15,27H,16-17H2,1-2H3,(H,29,33)(H,30,34). The van der Waals surface area contributed by atoms with Gasteiger partial charge >= 0.3 is 0 Å². The van der Waals surface area contributed by atoms with E-state index in [1.54, 1.807) is 11.0 Å². The smallest absolute Gasteiger partial charge is 0.258 e. The Bertz CT molecular complexity index is 1440. The highest BCUT2D eigenvalue weighted by Gasteiger charge is 2.40. The number of carbonyl (C=O) groups is 3. The number of benzene rings is 3. The van der Waals surface area contributed by atoms with Crippen LogP contribution in [0.5, 0.6) is 0 Å². The maximum atomic E-state index is 13.4. The quantitative estimate of drug-likeness (QED) is 0.442. The summed E-state index contributed by atoms with van der Waals surface area (Å²) in [4.78, 5) is 40.1. The Labute approximate surface area is 203 Å². The van der Waals surface area contributed by atoms with Crippen LogP contribution in [0.25, 0.3) is 10.9 Å². The van der Waals surface area contributed by atoms with Crippen LogP contribution in [-0.4, -0.2) is 33.7 Å². The third-order valence-electron chi connectivity index (χ3n) is 6.64. The lowest BCUT2D eigenvalue weighted by Crippen LogP contribution is -2.47. The predicted molar refractivity (Wildman–Crippen MR) is 133 cm³/mol. The summed E-state index contributed by atoms with van der Waals surface area (Å²) < 4.78 is 2.11. The summed E-state index contributed by atoms with van der Waals surface area (Å²) in [5.41, 5.74) is 10.3. The Kier molecular flexibility index (Phi) is 5.82. The number of hydrazine groups is 1. The normalized spacial score (nSPS) is 14.7. The van der Waals surface area contributed by atoms with Gasteiger partial charge in [0.05, 0.1) is 12.5 Å². The molecule has 1 atom stereocenters. The zero-order valence-corrected chi connectivity index (χ0v) is 19.6. The molecule has 0 aliphatic carbocycles. The van der Waals surface area contributed by atoms with Crippen molar-refractivity contribution in [2.75, 3.05) is 6.54 Å². The molecule has 2 heterocycles. The second-order valence-corrected chi connectivity index (χ2v) is 8.76. The van der Waals surface area contributed by atoms with Gasteiger partial charge in [-0.2, -0.15) is 0 Å². The van der Waals surface area contributed by atoms with E-state index in [9.17, 15) is 14.4 Å². The number of amides is 3. The molecule has 3 amide bonds. The molecule has 0 radical (unpaired) electrons. The van der Waals surface area contributed by atoms with Gasteiger partial charge < -0.3 is 9.47 Å². The second-order valence-electron chi connectivity index (χ2n) is 8.76. The third kappa shape index (κ3) is 4.05. The summed E-state index contributed by atoms with van der Waals surface area (Å²) in [6.07, 6.45) is 0.146. The van der Waals surface area contributed by atoms with E-state index in [2.05, 4.69) is 15.4 Å². The predicted octanol–water partition coefficient (Wildman–Crippen LogP) is 3.42. The van der Waals surface area contributed by atoms with Crippen LogP contribution in [0, 0.1) is 6.92 Å². The molecule has 7 heteroatoms. The van der Waals surface area contributed by atoms with E-state index in [0.717, 1.165) is 33.3 Å². The van der Waals surface area contributed by atoms with Crippen LogP contribution < -0.4 is 10.9 Å². The molecule has 0 fully saturated rings. The first-order valence-electron chi connectivity index (χ1n) is 11.5. The highest BCUT2D eigenvalue weighted by atomic mass is 16.2. The molecule has 0 bridgehead atoms. The summed E-state index contributed by atoms with van der Waals surface area (Å²) >= 11 is 0. The van der Waals surface area contributed by atoms with E-state index in [1.165, 1.54) is 0 Å². The number of aromatic nitrogens is 1. The van der Waals surface area contributed by atoms with Gasteiger partial charge in [0, 0.05) is 34.8 Å². The molecular formula is C28H26N4O3. The Morgan fingerprint density at radius 1 is 0.857 bits per heavy atom. The van der Waals surface area contributed by atoms with Gasteiger partial charge in [-0.3, -0.25) is 25.2 Å². The largest absolute Gasteiger partial charge is 0.348 e. The van der Waals surface area contributed by atoms with Gasteiger partial charge in [0.25, 0.3) is 11.8 Å². The maximum absolute atomic E-state index is 13.4. The van der Waals surface area contributed by atoms with Crippen molar-refractivity contribution < 1.29 is 14.4 Å². The molecular weight excluding hydrogens is 440 g/mol. The molecule has 5 rings (SSSR count). The lowest BCUT2D eigenvalue weighted by atomic mass is 9.95. The number of nitrogens with zero attached hydrogens (tertiary/aromatic N) is 2. The average Bonchev–Trinajstić information content (AvgIpc) is 3.28. The number of hydrogen-bond donors (Lipinski definition) is 2. The second kappa shape index (κ2) is 9.10. The number of fused-ring (bicyclic) bond motifs is 2. The van der Waals surface area contributed by atoms with Crippen LogP contribution >= 0.6 is 0 Å². The Hall–Kier alpha value is -4.39. The molecule has 1 aromatic heterocycles. The molecule has 176 valence electrons. The maximum Gasteiger partial charge on any atom is 0.258 e. The van der Waals surface area contributed by atoms with Crippen molar-refractivity contribution in [3.8, 4) is 0 Å². The third-order valence-corrected chi connectivity index (χ3v) is 6.64. The van der Waals surface area contributed by atoms with Gasteiger partial charge in [0.2, 0.25) is 5.91 Å². The zero-order valence-electron chi connectivity index (χ0n) is 19.6. The van der Waals surface area contributed by atoms with Crippen LogP contribution in [0.4, 0.5) is 0 Å². The van der Waals surface area contributed by atoms with Crippen LogP contribution in [0.1, 0.15) is 38.8 Å². The molecule has 35 heavy (non-hydrogen) atoms. The number of aryl methyl sites for hydroxylation is 1. The first-order valence-corrected chi connectivity index (χ1v) is 11.5. The fraction of sp³-hybridized carbons (Fsp3) is 0.179. The molecule has 0 saturated heterocycles. The SMILES string of the molecule is Cc1c(C2c3ccccc3C(=O)N2CC(=O)NNC(=O)Cc2ccccc2)c2ccccc2n1C. The van der Waals surface area contributed by atoms with Crippen molar-refractivity contribution in [1.29, 1.82) is 0 Å². The first-order chi connectivity index (χ1) is 17.0. The van der Waals surface area contributed by atoms with Crippen LogP contribution in [-0.2, 0) is 23.1 Å². The molecule has 7 nitrogen and oxygen atoms in total. The van der Waals surface area contributed by atoms with Crippen molar-refractivity contribution in [3.05, 3.63) is 107 Å². The Morgan fingerprint density at radius 3 is 2.31 bits per heavy atom. The summed E-state index contributed by atoms with van der Waals surface area (Å²) in [6, 6.07) is 24.4. The van der Waals surface area contributed by atoms with E-state index < -0.39 is 11.9 Å².